The Bertz CT molecular complexity index is 885. The molecule has 0 spiro atoms. The Balaban J connectivity index is 1.73. The molecule has 0 radical (unpaired) electrons. The van der Waals surface area contributed by atoms with Crippen LogP contribution in [0.1, 0.15) is 35.1 Å². The number of benzene rings is 3. The fourth-order valence-electron chi connectivity index (χ4n) is 2.96. The summed E-state index contributed by atoms with van der Waals surface area (Å²) in [6.45, 7) is 2.05. The molecule has 2 unspecified atom stereocenters. The molecule has 0 heterocycles. The maximum atomic E-state index is 6.24. The van der Waals surface area contributed by atoms with Crippen LogP contribution in [0.25, 0.3) is 0 Å². The molecule has 0 saturated carbocycles. The smallest absolute Gasteiger partial charge is 0.0406 e. The van der Waals surface area contributed by atoms with Gasteiger partial charge >= 0.3 is 0 Å². The Labute approximate surface area is 160 Å². The molecule has 2 heteroatoms. The standard InChI is InChI=1S/C24H22ClN/c1-18(26)24(22-13-15-23(25)16-14-22)17-21-11-9-20(10-12-21)8-7-19-5-3-2-4-6-19/h2-6,9-16,18,24H,17,26H2,1H3. The first-order valence-corrected chi connectivity index (χ1v) is 9.16. The molecule has 0 aliphatic rings. The van der Waals surface area contributed by atoms with Crippen LogP contribution in [0.15, 0.2) is 78.9 Å². The van der Waals surface area contributed by atoms with E-state index in [0.717, 1.165) is 22.6 Å². The van der Waals surface area contributed by atoms with Crippen molar-refractivity contribution in [3.05, 3.63) is 106 Å². The van der Waals surface area contributed by atoms with E-state index in [1.165, 1.54) is 11.1 Å². The minimum absolute atomic E-state index is 0.0636. The Morgan fingerprint density at radius 2 is 1.38 bits per heavy atom. The Morgan fingerprint density at radius 1 is 0.808 bits per heavy atom. The van der Waals surface area contributed by atoms with Crippen LogP contribution >= 0.6 is 11.6 Å². The highest BCUT2D eigenvalue weighted by atomic mass is 35.5. The maximum absolute atomic E-state index is 6.24. The number of halogens is 1. The van der Waals surface area contributed by atoms with Crippen molar-refractivity contribution in [3.63, 3.8) is 0 Å². The van der Waals surface area contributed by atoms with E-state index in [-0.39, 0.29) is 12.0 Å². The number of rotatable bonds is 4. The van der Waals surface area contributed by atoms with Gasteiger partial charge in [0.05, 0.1) is 0 Å². The summed E-state index contributed by atoms with van der Waals surface area (Å²) in [6, 6.07) is 26.5. The molecule has 3 aromatic carbocycles. The van der Waals surface area contributed by atoms with Gasteiger partial charge in [-0.15, -0.1) is 0 Å². The summed E-state index contributed by atoms with van der Waals surface area (Å²) in [5.41, 5.74) is 10.8. The van der Waals surface area contributed by atoms with Gasteiger partial charge in [0.15, 0.2) is 0 Å². The average molecular weight is 360 g/mol. The zero-order valence-corrected chi connectivity index (χ0v) is 15.6. The number of nitrogens with two attached hydrogens (primary N) is 1. The molecule has 2 atom stereocenters. The van der Waals surface area contributed by atoms with Gasteiger partial charge in [0.1, 0.15) is 0 Å². The second-order valence-corrected chi connectivity index (χ2v) is 6.97. The predicted molar refractivity (Wildman–Crippen MR) is 110 cm³/mol. The van der Waals surface area contributed by atoms with Crippen molar-refractivity contribution in [1.29, 1.82) is 0 Å². The van der Waals surface area contributed by atoms with E-state index >= 15 is 0 Å². The van der Waals surface area contributed by atoms with Crippen LogP contribution in [0.5, 0.6) is 0 Å². The lowest BCUT2D eigenvalue weighted by Crippen LogP contribution is -2.26. The van der Waals surface area contributed by atoms with Gasteiger partial charge in [-0.2, -0.15) is 0 Å². The molecule has 0 amide bonds. The van der Waals surface area contributed by atoms with E-state index in [9.17, 15) is 0 Å². The van der Waals surface area contributed by atoms with Crippen LogP contribution in [0.4, 0.5) is 0 Å². The van der Waals surface area contributed by atoms with Crippen LogP contribution in [0.3, 0.4) is 0 Å². The summed E-state index contributed by atoms with van der Waals surface area (Å²) in [5.74, 6) is 6.66. The highest BCUT2D eigenvalue weighted by Crippen LogP contribution is 2.25. The van der Waals surface area contributed by atoms with Crippen LogP contribution in [-0.2, 0) is 6.42 Å². The van der Waals surface area contributed by atoms with E-state index < -0.39 is 0 Å². The van der Waals surface area contributed by atoms with Crippen molar-refractivity contribution in [2.24, 2.45) is 5.73 Å². The molecule has 26 heavy (non-hydrogen) atoms. The molecule has 2 N–H and O–H groups in total. The zero-order valence-electron chi connectivity index (χ0n) is 14.8. The maximum Gasteiger partial charge on any atom is 0.0406 e. The van der Waals surface area contributed by atoms with Crippen molar-refractivity contribution < 1.29 is 0 Å². The molecular formula is C24H22ClN. The normalized spacial score (nSPS) is 12.7. The van der Waals surface area contributed by atoms with E-state index in [4.69, 9.17) is 17.3 Å². The first-order chi connectivity index (χ1) is 12.6. The van der Waals surface area contributed by atoms with Gasteiger partial charge in [-0.05, 0) is 60.9 Å². The largest absolute Gasteiger partial charge is 0.327 e. The molecule has 0 aliphatic carbocycles. The van der Waals surface area contributed by atoms with Gasteiger partial charge in [0.25, 0.3) is 0 Å². The third-order valence-electron chi connectivity index (χ3n) is 4.47. The molecule has 0 saturated heterocycles. The molecular weight excluding hydrogens is 338 g/mol. The lowest BCUT2D eigenvalue weighted by Gasteiger charge is -2.21. The van der Waals surface area contributed by atoms with Crippen LogP contribution in [0, 0.1) is 11.8 Å². The van der Waals surface area contributed by atoms with Gasteiger partial charge in [-0.3, -0.25) is 0 Å². The molecule has 130 valence electrons. The first kappa shape index (κ1) is 18.3. The molecule has 1 nitrogen and oxygen atoms in total. The van der Waals surface area contributed by atoms with Gasteiger partial charge in [-0.25, -0.2) is 0 Å². The quantitative estimate of drug-likeness (QED) is 0.619. The average Bonchev–Trinajstić information content (AvgIpc) is 2.67. The van der Waals surface area contributed by atoms with E-state index in [0.29, 0.717) is 0 Å². The Morgan fingerprint density at radius 3 is 1.96 bits per heavy atom. The fraction of sp³-hybridized carbons (Fsp3) is 0.167. The third-order valence-corrected chi connectivity index (χ3v) is 4.72. The van der Waals surface area contributed by atoms with Gasteiger partial charge < -0.3 is 5.73 Å². The van der Waals surface area contributed by atoms with Crippen molar-refractivity contribution in [2.45, 2.75) is 25.3 Å². The molecule has 0 aromatic heterocycles. The molecule has 3 rings (SSSR count). The summed E-state index contributed by atoms with van der Waals surface area (Å²) >= 11 is 6.00. The van der Waals surface area contributed by atoms with Crippen molar-refractivity contribution >= 4 is 11.6 Å². The van der Waals surface area contributed by atoms with E-state index in [1.54, 1.807) is 0 Å². The van der Waals surface area contributed by atoms with Crippen LogP contribution in [-0.4, -0.2) is 6.04 Å². The minimum atomic E-state index is 0.0636. The summed E-state index contributed by atoms with van der Waals surface area (Å²) in [5, 5.41) is 0.749. The summed E-state index contributed by atoms with van der Waals surface area (Å²) < 4.78 is 0. The van der Waals surface area contributed by atoms with Gasteiger partial charge in [-0.1, -0.05) is 65.9 Å². The van der Waals surface area contributed by atoms with Crippen molar-refractivity contribution in [1.82, 2.24) is 0 Å². The molecule has 0 aliphatic heterocycles. The topological polar surface area (TPSA) is 26.0 Å². The van der Waals surface area contributed by atoms with Gasteiger partial charge in [0, 0.05) is 28.1 Å². The second-order valence-electron chi connectivity index (χ2n) is 6.53. The SMILES string of the molecule is CC(N)C(Cc1ccc(C#Cc2ccccc2)cc1)c1ccc(Cl)cc1. The third kappa shape index (κ3) is 4.99. The fourth-order valence-corrected chi connectivity index (χ4v) is 3.09. The van der Waals surface area contributed by atoms with E-state index in [2.05, 4.69) is 55.2 Å². The van der Waals surface area contributed by atoms with Crippen LogP contribution < -0.4 is 5.73 Å². The summed E-state index contributed by atoms with van der Waals surface area (Å²) in [7, 11) is 0. The lowest BCUT2D eigenvalue weighted by atomic mass is 9.87. The summed E-state index contributed by atoms with van der Waals surface area (Å²) in [6.07, 6.45) is 0.895. The van der Waals surface area contributed by atoms with E-state index in [1.807, 2.05) is 42.5 Å². The van der Waals surface area contributed by atoms with Crippen molar-refractivity contribution in [3.8, 4) is 11.8 Å². The first-order valence-electron chi connectivity index (χ1n) is 8.79. The minimum Gasteiger partial charge on any atom is -0.327 e. The molecule has 0 bridgehead atoms. The highest BCUT2D eigenvalue weighted by molar-refractivity contribution is 6.30. The van der Waals surface area contributed by atoms with Crippen molar-refractivity contribution in [2.75, 3.05) is 0 Å². The highest BCUT2D eigenvalue weighted by Gasteiger charge is 2.16. The molecule has 3 aromatic rings. The number of hydrogen-bond donors (Lipinski definition) is 1. The monoisotopic (exact) mass is 359 g/mol. The van der Waals surface area contributed by atoms with Gasteiger partial charge in [0.2, 0.25) is 0 Å². The Kier molecular flexibility index (Phi) is 6.12. The lowest BCUT2D eigenvalue weighted by molar-refractivity contribution is 0.565. The second kappa shape index (κ2) is 8.72. The summed E-state index contributed by atoms with van der Waals surface area (Å²) in [4.78, 5) is 0. The zero-order chi connectivity index (χ0) is 18.4. The molecule has 0 fully saturated rings. The Hall–Kier alpha value is -2.53. The predicted octanol–water partition coefficient (Wildman–Crippen LogP) is 5.41. The number of hydrogen-bond acceptors (Lipinski definition) is 1. The van der Waals surface area contributed by atoms with Crippen LogP contribution in [0.2, 0.25) is 5.02 Å².